The van der Waals surface area contributed by atoms with Crippen LogP contribution in [-0.4, -0.2) is 52.0 Å². The van der Waals surface area contributed by atoms with Gasteiger partial charge in [-0.1, -0.05) is 0 Å². The third kappa shape index (κ3) is 3.10. The number of imidazole rings is 1. The van der Waals surface area contributed by atoms with Crippen LogP contribution in [0.3, 0.4) is 0 Å². The van der Waals surface area contributed by atoms with Crippen molar-refractivity contribution in [2.45, 2.75) is 26.9 Å². The number of aryl methyl sites for hydroxylation is 1. The molecule has 1 aliphatic rings. The molecule has 4 rings (SSSR count). The lowest BCUT2D eigenvalue weighted by Gasteiger charge is -2.28. The topological polar surface area (TPSA) is 64.8 Å². The molecule has 0 radical (unpaired) electrons. The summed E-state index contributed by atoms with van der Waals surface area (Å²) in [5.41, 5.74) is 4.84. The predicted molar refractivity (Wildman–Crippen MR) is 99.8 cm³/mol. The molecule has 3 aromatic rings. The van der Waals surface area contributed by atoms with Crippen molar-refractivity contribution in [1.29, 1.82) is 0 Å². The Bertz CT molecular complexity index is 915. The van der Waals surface area contributed by atoms with E-state index in [1.54, 1.807) is 6.20 Å². The molecule has 1 aliphatic heterocycles. The molecule has 26 heavy (non-hydrogen) atoms. The van der Waals surface area contributed by atoms with Crippen molar-refractivity contribution in [2.75, 3.05) is 31.2 Å². The van der Waals surface area contributed by atoms with Gasteiger partial charge in [0.2, 0.25) is 5.88 Å². The molecule has 4 heterocycles. The maximum Gasteiger partial charge on any atom is 0.214 e. The third-order valence-electron chi connectivity index (χ3n) is 4.39. The summed E-state index contributed by atoms with van der Waals surface area (Å²) in [4.78, 5) is 11.4. The van der Waals surface area contributed by atoms with Crippen molar-refractivity contribution in [1.82, 2.24) is 19.6 Å². The summed E-state index contributed by atoms with van der Waals surface area (Å²) in [6.07, 6.45) is 3.67. The lowest BCUT2D eigenvalue weighted by atomic mass is 10.1. The standard InChI is InChI=1S/C19H23N5O2/c1-13(2)26-17-12-15(4-6-20-17)18-14(3)22-19-16(5-7-21-24(18)19)23-8-10-25-11-9-23/h4-7,12-13H,8-11H2,1-3H3. The molecule has 1 fully saturated rings. The Morgan fingerprint density at radius 2 is 1.96 bits per heavy atom. The Morgan fingerprint density at radius 3 is 2.73 bits per heavy atom. The molecule has 0 aromatic carbocycles. The molecule has 3 aromatic heterocycles. The van der Waals surface area contributed by atoms with Crippen molar-refractivity contribution in [2.24, 2.45) is 0 Å². The van der Waals surface area contributed by atoms with Gasteiger partial charge in [-0.2, -0.15) is 5.10 Å². The summed E-state index contributed by atoms with van der Waals surface area (Å²) in [5, 5.41) is 4.56. The highest BCUT2D eigenvalue weighted by Crippen LogP contribution is 2.30. The number of hydrogen-bond donors (Lipinski definition) is 0. The second-order valence-electron chi connectivity index (χ2n) is 6.65. The highest BCUT2D eigenvalue weighted by Gasteiger charge is 2.20. The van der Waals surface area contributed by atoms with Crippen LogP contribution in [0.15, 0.2) is 30.6 Å². The van der Waals surface area contributed by atoms with E-state index in [1.165, 1.54) is 0 Å². The highest BCUT2D eigenvalue weighted by molar-refractivity contribution is 5.75. The van der Waals surface area contributed by atoms with Crippen molar-refractivity contribution in [3.8, 4) is 17.1 Å². The first-order chi connectivity index (χ1) is 12.6. The predicted octanol–water partition coefficient (Wildman–Crippen LogP) is 2.72. The molecule has 0 bridgehead atoms. The number of rotatable bonds is 4. The van der Waals surface area contributed by atoms with E-state index in [1.807, 2.05) is 49.7 Å². The molecular weight excluding hydrogens is 330 g/mol. The minimum absolute atomic E-state index is 0.0760. The summed E-state index contributed by atoms with van der Waals surface area (Å²) >= 11 is 0. The number of pyridine rings is 1. The second kappa shape index (κ2) is 6.92. The number of fused-ring (bicyclic) bond motifs is 1. The molecule has 0 aliphatic carbocycles. The van der Waals surface area contributed by atoms with E-state index in [4.69, 9.17) is 14.5 Å². The van der Waals surface area contributed by atoms with Gasteiger partial charge in [-0.15, -0.1) is 0 Å². The number of aromatic nitrogens is 4. The van der Waals surface area contributed by atoms with Gasteiger partial charge in [-0.3, -0.25) is 0 Å². The quantitative estimate of drug-likeness (QED) is 0.719. The van der Waals surface area contributed by atoms with Gasteiger partial charge in [0.15, 0.2) is 5.65 Å². The van der Waals surface area contributed by atoms with Crippen LogP contribution >= 0.6 is 0 Å². The fourth-order valence-electron chi connectivity index (χ4n) is 3.29. The molecular formula is C19H23N5O2. The molecule has 7 nitrogen and oxygen atoms in total. The fourth-order valence-corrected chi connectivity index (χ4v) is 3.29. The smallest absolute Gasteiger partial charge is 0.214 e. The Morgan fingerprint density at radius 1 is 1.15 bits per heavy atom. The van der Waals surface area contributed by atoms with Gasteiger partial charge in [0.25, 0.3) is 0 Å². The number of nitrogens with zero attached hydrogens (tertiary/aromatic N) is 5. The molecule has 0 atom stereocenters. The Kier molecular flexibility index (Phi) is 4.46. The van der Waals surface area contributed by atoms with E-state index < -0.39 is 0 Å². The van der Waals surface area contributed by atoms with E-state index in [0.717, 1.165) is 54.6 Å². The van der Waals surface area contributed by atoms with Gasteiger partial charge in [-0.05, 0) is 32.9 Å². The van der Waals surface area contributed by atoms with Crippen LogP contribution in [-0.2, 0) is 4.74 Å². The van der Waals surface area contributed by atoms with Crippen LogP contribution in [0.2, 0.25) is 0 Å². The monoisotopic (exact) mass is 353 g/mol. The summed E-state index contributed by atoms with van der Waals surface area (Å²) in [7, 11) is 0. The molecule has 0 saturated carbocycles. The molecule has 136 valence electrons. The van der Waals surface area contributed by atoms with E-state index in [-0.39, 0.29) is 6.10 Å². The van der Waals surface area contributed by atoms with Gasteiger partial charge in [0.1, 0.15) is 0 Å². The largest absolute Gasteiger partial charge is 0.475 e. The zero-order chi connectivity index (χ0) is 18.1. The fraction of sp³-hybridized carbons (Fsp3) is 0.421. The van der Waals surface area contributed by atoms with Crippen molar-refractivity contribution >= 4 is 11.3 Å². The molecule has 0 amide bonds. The van der Waals surface area contributed by atoms with Crippen LogP contribution in [0.1, 0.15) is 19.5 Å². The molecule has 0 spiro atoms. The normalized spacial score (nSPS) is 15.0. The lowest BCUT2D eigenvalue weighted by molar-refractivity contribution is 0.123. The summed E-state index contributed by atoms with van der Waals surface area (Å²) in [6.45, 7) is 9.19. The van der Waals surface area contributed by atoms with E-state index in [0.29, 0.717) is 5.88 Å². The number of anilines is 1. The number of ether oxygens (including phenoxy) is 2. The van der Waals surface area contributed by atoms with E-state index in [2.05, 4.69) is 15.0 Å². The zero-order valence-electron chi connectivity index (χ0n) is 15.3. The minimum Gasteiger partial charge on any atom is -0.475 e. The van der Waals surface area contributed by atoms with Crippen molar-refractivity contribution in [3.63, 3.8) is 0 Å². The first-order valence-corrected chi connectivity index (χ1v) is 8.93. The number of hydrogen-bond acceptors (Lipinski definition) is 6. The van der Waals surface area contributed by atoms with Crippen LogP contribution in [0.25, 0.3) is 16.9 Å². The first kappa shape index (κ1) is 16.8. The van der Waals surface area contributed by atoms with Gasteiger partial charge in [0, 0.05) is 30.9 Å². The summed E-state index contributed by atoms with van der Waals surface area (Å²) < 4.78 is 13.1. The van der Waals surface area contributed by atoms with E-state index >= 15 is 0 Å². The maximum atomic E-state index is 5.74. The Hall–Kier alpha value is -2.67. The zero-order valence-corrected chi connectivity index (χ0v) is 15.3. The maximum absolute atomic E-state index is 5.74. The number of morpholine rings is 1. The molecule has 0 unspecified atom stereocenters. The van der Waals surface area contributed by atoms with E-state index in [9.17, 15) is 0 Å². The molecule has 7 heteroatoms. The van der Waals surface area contributed by atoms with Crippen LogP contribution in [0.4, 0.5) is 5.69 Å². The van der Waals surface area contributed by atoms with Gasteiger partial charge in [0.05, 0.1) is 42.6 Å². The molecule has 0 N–H and O–H groups in total. The minimum atomic E-state index is 0.0760. The SMILES string of the molecule is Cc1nc2c(N3CCOCC3)ccnn2c1-c1ccnc(OC(C)C)c1. The van der Waals surface area contributed by atoms with Crippen LogP contribution in [0, 0.1) is 6.92 Å². The lowest BCUT2D eigenvalue weighted by Crippen LogP contribution is -2.36. The highest BCUT2D eigenvalue weighted by atomic mass is 16.5. The van der Waals surface area contributed by atoms with Crippen molar-refractivity contribution in [3.05, 3.63) is 36.3 Å². The van der Waals surface area contributed by atoms with Gasteiger partial charge < -0.3 is 14.4 Å². The van der Waals surface area contributed by atoms with Gasteiger partial charge >= 0.3 is 0 Å². The van der Waals surface area contributed by atoms with Crippen molar-refractivity contribution < 1.29 is 9.47 Å². The van der Waals surface area contributed by atoms with Gasteiger partial charge in [-0.25, -0.2) is 14.5 Å². The summed E-state index contributed by atoms with van der Waals surface area (Å²) in [6, 6.07) is 5.93. The second-order valence-corrected chi connectivity index (χ2v) is 6.65. The van der Waals surface area contributed by atoms with Crippen LogP contribution < -0.4 is 9.64 Å². The average molecular weight is 353 g/mol. The Labute approximate surface area is 152 Å². The van der Waals surface area contributed by atoms with Crippen LogP contribution in [0.5, 0.6) is 5.88 Å². The summed E-state index contributed by atoms with van der Waals surface area (Å²) in [5.74, 6) is 0.608. The Balaban J connectivity index is 1.80. The average Bonchev–Trinajstić information content (AvgIpc) is 2.98. The first-order valence-electron chi connectivity index (χ1n) is 8.93. The molecule has 1 saturated heterocycles. The third-order valence-corrected chi connectivity index (χ3v) is 4.39.